The van der Waals surface area contributed by atoms with Gasteiger partial charge in [0.1, 0.15) is 0 Å². The van der Waals surface area contributed by atoms with Crippen molar-refractivity contribution in [1.29, 1.82) is 0 Å². The molecule has 0 aliphatic carbocycles. The summed E-state index contributed by atoms with van der Waals surface area (Å²) >= 11 is 2.25. The van der Waals surface area contributed by atoms with Crippen LogP contribution in [0.3, 0.4) is 0 Å². The molecule has 81 heavy (non-hydrogen) atoms. The first kappa shape index (κ1) is 39.4. The number of hydrogen-bond acceptors (Lipinski definition) is 4. The summed E-state index contributed by atoms with van der Waals surface area (Å²) in [4.78, 5) is 9.39. The number of ether oxygens (including phenoxy) is 1. The number of fused-ring (bicyclic) bond motifs is 2. The van der Waals surface area contributed by atoms with Crippen LogP contribution in [-0.2, 0) is 24.8 Å². The van der Waals surface area contributed by atoms with E-state index in [1.165, 1.54) is 6.07 Å². The molecule has 12 aromatic rings. The number of imidazole rings is 1. The van der Waals surface area contributed by atoms with E-state index in [2.05, 4.69) is 46.2 Å². The molecule has 0 saturated carbocycles. The zero-order chi connectivity index (χ0) is 65.5. The fourth-order valence-electron chi connectivity index (χ4n) is 11.0. The molecule has 0 saturated heterocycles. The number of aryl methyl sites for hydroxylation is 3. The molecule has 0 unspecified atom stereocenters. The Kier molecular flexibility index (Phi) is 10.3. The molecule has 396 valence electrons. The van der Waals surface area contributed by atoms with Gasteiger partial charge in [0.2, 0.25) is 0 Å². The summed E-state index contributed by atoms with van der Waals surface area (Å²) in [5.41, 5.74) is 10.2. The number of para-hydroxylation sites is 5. The van der Waals surface area contributed by atoms with Gasteiger partial charge in [-0.2, -0.15) is 0 Å². The number of benzene rings is 10. The summed E-state index contributed by atoms with van der Waals surface area (Å²) in [5, 5.41) is 0. The number of pyridine rings is 1. The Morgan fingerprint density at radius 1 is 0.506 bits per heavy atom. The second-order valence-corrected chi connectivity index (χ2v) is 22.1. The fraction of sp³-hybridized carbons (Fsp3) is 0.0959. The van der Waals surface area contributed by atoms with Gasteiger partial charge in [-0.25, -0.2) is 0 Å². The average molecular weight is 1240 g/mol. The van der Waals surface area contributed by atoms with Crippen LogP contribution in [0.1, 0.15) is 59.5 Å². The molecule has 0 N–H and O–H groups in total. The zero-order valence-electron chi connectivity index (χ0n) is 56.6. The molecule has 1 aliphatic heterocycles. The number of anilines is 4. The van der Waals surface area contributed by atoms with Crippen molar-refractivity contribution in [1.82, 2.24) is 14.1 Å². The van der Waals surface area contributed by atoms with Crippen LogP contribution in [0, 0.1) is 24.4 Å². The van der Waals surface area contributed by atoms with E-state index in [9.17, 15) is 8.22 Å². The molecule has 0 bridgehead atoms. The van der Waals surface area contributed by atoms with Crippen LogP contribution in [-0.4, -0.2) is 21.1 Å². The van der Waals surface area contributed by atoms with Gasteiger partial charge in [-0.3, -0.25) is 0 Å². The normalized spacial score (nSPS) is 15.0. The molecule has 0 spiro atoms. The van der Waals surface area contributed by atoms with Crippen LogP contribution in [0.15, 0.2) is 255 Å². The standard InChI is InChI=1S/C73H60BN5O.Pt/c1-50-24-20-30-55(42-50)63-36-23-37-64(57-45-56(53-26-10-7-11-27-53)46-58(47-57)73(4,5)6)71(63)77-49-76(65-38-16-17-39-66(65)77)60-33-22-35-62(48-60)80-72-70(54-28-12-8-13-29-54)52(3)44-69(75-72)79-68-41-19-18-40-67(68)78(61-34-21-25-51(2)43-61)74(79)59-31-14-9-15-32-59;/h7-48H,1-6H3;/i1D3,2D3,3D3,23D,36D,37D;. The molecular weight excluding hydrogens is 1170 g/mol. The molecular formula is C73H60BN5OPt. The number of aromatic nitrogens is 3. The second-order valence-electron chi connectivity index (χ2n) is 21.1. The van der Waals surface area contributed by atoms with Gasteiger partial charge >= 0.3 is 411 Å². The quantitative estimate of drug-likeness (QED) is 0.121. The summed E-state index contributed by atoms with van der Waals surface area (Å²) in [7, 11) is 0. The van der Waals surface area contributed by atoms with E-state index in [1.807, 2.05) is 195 Å². The van der Waals surface area contributed by atoms with Crippen molar-refractivity contribution in [3.63, 3.8) is 0 Å². The van der Waals surface area contributed by atoms with Gasteiger partial charge in [0, 0.05) is 9.80 Å². The zero-order valence-corrected chi connectivity index (χ0v) is 46.8. The molecule has 1 aliphatic rings. The number of nitrogens with zero attached hydrogens (tertiary/aromatic N) is 5. The summed E-state index contributed by atoms with van der Waals surface area (Å²) < 4.78 is 120. The van der Waals surface area contributed by atoms with Crippen LogP contribution < -0.4 is 19.8 Å². The van der Waals surface area contributed by atoms with Crippen LogP contribution in [0.25, 0.3) is 66.9 Å². The monoisotopic (exact) mass is 1240 g/mol. The van der Waals surface area contributed by atoms with Crippen LogP contribution in [0.2, 0.25) is 0 Å². The van der Waals surface area contributed by atoms with Crippen molar-refractivity contribution in [2.24, 2.45) is 0 Å². The predicted octanol–water partition coefficient (Wildman–Crippen LogP) is 18.3. The first-order chi connectivity index (χ1) is 44.3. The molecule has 3 heterocycles. The Balaban J connectivity index is 1.03. The van der Waals surface area contributed by atoms with E-state index in [4.69, 9.17) is 17.9 Å². The molecule has 6 nitrogen and oxygen atoms in total. The van der Waals surface area contributed by atoms with Crippen molar-refractivity contribution in [3.05, 3.63) is 281 Å². The first-order valence-electron chi connectivity index (χ1n) is 32.7. The third-order valence-corrected chi connectivity index (χ3v) is 15.8. The van der Waals surface area contributed by atoms with Crippen LogP contribution in [0.4, 0.5) is 22.9 Å². The minimum atomic E-state index is -2.72. The van der Waals surface area contributed by atoms with Gasteiger partial charge in [0.05, 0.1) is 0 Å². The maximum atomic E-state index is 10.0. The van der Waals surface area contributed by atoms with E-state index < -0.39 is 27.5 Å². The Morgan fingerprint density at radius 3 is 1.81 bits per heavy atom. The van der Waals surface area contributed by atoms with E-state index >= 15 is 0 Å². The summed E-state index contributed by atoms with van der Waals surface area (Å²) in [5.74, 6) is 0.543. The van der Waals surface area contributed by atoms with Gasteiger partial charge in [0.15, 0.2) is 0 Å². The van der Waals surface area contributed by atoms with Crippen molar-refractivity contribution in [2.45, 2.75) is 46.7 Å². The molecule has 0 atom stereocenters. The van der Waals surface area contributed by atoms with Gasteiger partial charge in [-0.15, -0.1) is 0 Å². The topological polar surface area (TPSA) is 38.5 Å². The van der Waals surface area contributed by atoms with Crippen molar-refractivity contribution in [2.75, 3.05) is 9.62 Å². The Bertz CT molecular complexity index is 4930. The molecule has 10 aromatic carbocycles. The maximum absolute atomic E-state index is 10.0. The molecule has 0 radical (unpaired) electrons. The SMILES string of the molecule is [2H]c1c([2H])c(-c2cccc(C([2H])([2H])[2H])c2)c(-n2[c](=[Pt])n(-c3cccc(Oc4nc(N5B(c6ccccc6)N(c6cccc(C([2H])([2H])[2H])c6)c6ccccc65)cc(C([2H])([2H])[2H])c4-c4ccccc4)c3)c3ccccc32)c(-c2cc(-c3ccccc3)cc(C(C)(C)C)c2)c1[2H]. The molecule has 2 aromatic heterocycles. The van der Waals surface area contributed by atoms with Crippen molar-refractivity contribution < 1.29 is 40.5 Å². The van der Waals surface area contributed by atoms with Gasteiger partial charge < -0.3 is 0 Å². The number of hydrogen-bond donors (Lipinski definition) is 0. The Morgan fingerprint density at radius 2 is 1.10 bits per heavy atom. The summed E-state index contributed by atoms with van der Waals surface area (Å²) in [6, 6.07) is 72.0. The van der Waals surface area contributed by atoms with Gasteiger partial charge in [0.25, 0.3) is 0 Å². The predicted molar refractivity (Wildman–Crippen MR) is 334 cm³/mol. The van der Waals surface area contributed by atoms with E-state index in [0.717, 1.165) is 27.8 Å². The van der Waals surface area contributed by atoms with Gasteiger partial charge in [-0.05, 0) is 30.6 Å². The third-order valence-electron chi connectivity index (χ3n) is 14.8. The van der Waals surface area contributed by atoms with E-state index in [-0.39, 0.29) is 63.1 Å². The number of rotatable bonds is 11. The second kappa shape index (κ2) is 21.2. The summed E-state index contributed by atoms with van der Waals surface area (Å²) in [6.45, 7) is -1.97. The van der Waals surface area contributed by atoms with Crippen molar-refractivity contribution >= 4 is 46.4 Å². The fourth-order valence-corrected chi connectivity index (χ4v) is 12.1. The Hall–Kier alpha value is -9.03. The van der Waals surface area contributed by atoms with E-state index in [1.54, 1.807) is 48.5 Å². The molecule has 0 amide bonds. The molecule has 13 rings (SSSR count). The molecule has 8 heteroatoms. The average Bonchev–Trinajstić information content (AvgIpc) is 1.68. The van der Waals surface area contributed by atoms with E-state index in [0.29, 0.717) is 65.6 Å². The summed E-state index contributed by atoms with van der Waals surface area (Å²) in [6.07, 6.45) is 0. The van der Waals surface area contributed by atoms with Crippen molar-refractivity contribution in [3.8, 4) is 67.5 Å². The third kappa shape index (κ3) is 9.66. The minimum absolute atomic E-state index is 0.00115. The first-order valence-corrected chi connectivity index (χ1v) is 27.9. The van der Waals surface area contributed by atoms with Crippen LogP contribution >= 0.6 is 0 Å². The molecule has 0 fully saturated rings. The van der Waals surface area contributed by atoms with Gasteiger partial charge in [-0.1, -0.05) is 54.6 Å². The Labute approximate surface area is 503 Å². The van der Waals surface area contributed by atoms with Crippen LogP contribution in [0.5, 0.6) is 11.6 Å².